The van der Waals surface area contributed by atoms with Crippen LogP contribution in [-0.4, -0.2) is 29.0 Å². The second-order valence-electron chi connectivity index (χ2n) is 5.75. The SMILES string of the molecule is O=C(Nc1ccc(F)cc1F)c1cnc(N2CCCCCC2)nc1. The Kier molecular flexibility index (Phi) is 4.98. The normalized spacial score (nSPS) is 15.0. The molecule has 0 radical (unpaired) electrons. The van der Waals surface area contributed by atoms with Gasteiger partial charge in [-0.3, -0.25) is 4.79 Å². The van der Waals surface area contributed by atoms with Gasteiger partial charge >= 0.3 is 0 Å². The second-order valence-corrected chi connectivity index (χ2v) is 5.75. The number of hydrogen-bond donors (Lipinski definition) is 1. The molecule has 1 saturated heterocycles. The van der Waals surface area contributed by atoms with Crippen LogP contribution in [0.5, 0.6) is 0 Å². The molecule has 0 aliphatic carbocycles. The Balaban J connectivity index is 1.69. The van der Waals surface area contributed by atoms with E-state index in [9.17, 15) is 13.6 Å². The molecule has 3 rings (SSSR count). The van der Waals surface area contributed by atoms with E-state index in [2.05, 4.69) is 20.2 Å². The van der Waals surface area contributed by atoms with Gasteiger partial charge in [0.1, 0.15) is 11.6 Å². The smallest absolute Gasteiger partial charge is 0.258 e. The highest BCUT2D eigenvalue weighted by molar-refractivity contribution is 6.03. The van der Waals surface area contributed by atoms with Crippen LogP contribution in [0.2, 0.25) is 0 Å². The molecule has 0 bridgehead atoms. The van der Waals surface area contributed by atoms with Crippen molar-refractivity contribution in [2.24, 2.45) is 0 Å². The lowest BCUT2D eigenvalue weighted by atomic mass is 10.2. The van der Waals surface area contributed by atoms with Crippen LogP contribution in [0, 0.1) is 11.6 Å². The zero-order chi connectivity index (χ0) is 16.9. The highest BCUT2D eigenvalue weighted by Crippen LogP contribution is 2.17. The minimum Gasteiger partial charge on any atom is -0.341 e. The molecule has 1 N–H and O–H groups in total. The van der Waals surface area contributed by atoms with Gasteiger partial charge in [0.05, 0.1) is 11.3 Å². The van der Waals surface area contributed by atoms with Crippen LogP contribution in [0.4, 0.5) is 20.4 Å². The van der Waals surface area contributed by atoms with E-state index >= 15 is 0 Å². The fraction of sp³-hybridized carbons (Fsp3) is 0.353. The maximum absolute atomic E-state index is 13.6. The molecule has 1 amide bonds. The summed E-state index contributed by atoms with van der Waals surface area (Å²) in [5, 5.41) is 2.39. The van der Waals surface area contributed by atoms with E-state index in [0.717, 1.165) is 32.0 Å². The summed E-state index contributed by atoms with van der Waals surface area (Å²) in [7, 11) is 0. The zero-order valence-corrected chi connectivity index (χ0v) is 13.1. The van der Waals surface area contributed by atoms with E-state index in [1.807, 2.05) is 0 Å². The minimum absolute atomic E-state index is 0.0852. The summed E-state index contributed by atoms with van der Waals surface area (Å²) in [4.78, 5) is 22.7. The maximum Gasteiger partial charge on any atom is 0.258 e. The number of rotatable bonds is 3. The first-order valence-corrected chi connectivity index (χ1v) is 7.97. The van der Waals surface area contributed by atoms with Gasteiger partial charge in [-0.2, -0.15) is 0 Å². The van der Waals surface area contributed by atoms with Gasteiger partial charge in [0, 0.05) is 31.5 Å². The Morgan fingerprint density at radius 3 is 2.33 bits per heavy atom. The Morgan fingerprint density at radius 2 is 1.71 bits per heavy atom. The van der Waals surface area contributed by atoms with E-state index < -0.39 is 17.5 Å². The van der Waals surface area contributed by atoms with Crippen molar-refractivity contribution in [2.45, 2.75) is 25.7 Å². The fourth-order valence-corrected chi connectivity index (χ4v) is 2.66. The minimum atomic E-state index is -0.828. The van der Waals surface area contributed by atoms with Crippen molar-refractivity contribution < 1.29 is 13.6 Å². The van der Waals surface area contributed by atoms with Gasteiger partial charge in [-0.25, -0.2) is 18.7 Å². The fourth-order valence-electron chi connectivity index (χ4n) is 2.66. The van der Waals surface area contributed by atoms with E-state index in [1.165, 1.54) is 31.3 Å². The van der Waals surface area contributed by atoms with Crippen LogP contribution in [0.3, 0.4) is 0 Å². The first kappa shape index (κ1) is 16.3. The number of hydrogen-bond acceptors (Lipinski definition) is 4. The van der Waals surface area contributed by atoms with Crippen molar-refractivity contribution in [2.75, 3.05) is 23.3 Å². The lowest BCUT2D eigenvalue weighted by Gasteiger charge is -2.19. The number of anilines is 2. The van der Waals surface area contributed by atoms with E-state index in [4.69, 9.17) is 0 Å². The van der Waals surface area contributed by atoms with E-state index in [1.54, 1.807) is 0 Å². The molecule has 1 aromatic heterocycles. The first-order valence-electron chi connectivity index (χ1n) is 7.97. The topological polar surface area (TPSA) is 58.1 Å². The molecule has 24 heavy (non-hydrogen) atoms. The molecule has 126 valence electrons. The molecule has 0 atom stereocenters. The summed E-state index contributed by atoms with van der Waals surface area (Å²) in [6.45, 7) is 1.82. The van der Waals surface area contributed by atoms with Crippen LogP contribution in [-0.2, 0) is 0 Å². The lowest BCUT2D eigenvalue weighted by molar-refractivity contribution is 0.102. The average Bonchev–Trinajstić information content (AvgIpc) is 2.87. The largest absolute Gasteiger partial charge is 0.341 e. The number of halogens is 2. The molecule has 0 spiro atoms. The number of amides is 1. The summed E-state index contributed by atoms with van der Waals surface area (Å²) < 4.78 is 26.5. The highest BCUT2D eigenvalue weighted by atomic mass is 19.1. The molecule has 5 nitrogen and oxygen atoms in total. The summed E-state index contributed by atoms with van der Waals surface area (Å²) in [5.74, 6) is -1.47. The number of benzene rings is 1. The molecule has 2 aromatic rings. The van der Waals surface area contributed by atoms with E-state index in [-0.39, 0.29) is 11.3 Å². The maximum atomic E-state index is 13.6. The summed E-state index contributed by atoms with van der Waals surface area (Å²) in [5.41, 5.74) is 0.135. The second kappa shape index (κ2) is 7.33. The number of nitrogens with zero attached hydrogens (tertiary/aromatic N) is 3. The average molecular weight is 332 g/mol. The molecular weight excluding hydrogens is 314 g/mol. The van der Waals surface area contributed by atoms with E-state index in [0.29, 0.717) is 12.0 Å². The predicted molar refractivity (Wildman–Crippen MR) is 87.0 cm³/mol. The predicted octanol–water partition coefficient (Wildman–Crippen LogP) is 3.39. The van der Waals surface area contributed by atoms with Crippen molar-refractivity contribution in [3.05, 3.63) is 47.8 Å². The van der Waals surface area contributed by atoms with Gasteiger partial charge in [-0.05, 0) is 25.0 Å². The monoisotopic (exact) mass is 332 g/mol. The van der Waals surface area contributed by atoms with Crippen molar-refractivity contribution in [3.63, 3.8) is 0 Å². The highest BCUT2D eigenvalue weighted by Gasteiger charge is 2.15. The van der Waals surface area contributed by atoms with Crippen LogP contribution >= 0.6 is 0 Å². The molecule has 1 aliphatic heterocycles. The van der Waals surface area contributed by atoms with Crippen LogP contribution in [0.15, 0.2) is 30.6 Å². The van der Waals surface area contributed by atoms with Crippen molar-refractivity contribution in [3.8, 4) is 0 Å². The Hall–Kier alpha value is -2.57. The van der Waals surface area contributed by atoms with Crippen LogP contribution in [0.1, 0.15) is 36.0 Å². The molecule has 7 heteroatoms. The van der Waals surface area contributed by atoms with Crippen LogP contribution in [0.25, 0.3) is 0 Å². The molecule has 1 aliphatic rings. The molecular formula is C17H18F2N4O. The molecule has 2 heterocycles. The van der Waals surface area contributed by atoms with Gasteiger partial charge < -0.3 is 10.2 Å². The summed E-state index contributed by atoms with van der Waals surface area (Å²) in [6.07, 6.45) is 7.47. The quantitative estimate of drug-likeness (QED) is 0.936. The van der Waals surface area contributed by atoms with Gasteiger partial charge in [0.15, 0.2) is 0 Å². The third kappa shape index (κ3) is 3.84. The van der Waals surface area contributed by atoms with Crippen molar-refractivity contribution >= 4 is 17.5 Å². The van der Waals surface area contributed by atoms with Gasteiger partial charge in [0.2, 0.25) is 5.95 Å². The number of carbonyl (C=O) groups excluding carboxylic acids is 1. The molecule has 0 saturated carbocycles. The van der Waals surface area contributed by atoms with Gasteiger partial charge in [-0.15, -0.1) is 0 Å². The van der Waals surface area contributed by atoms with Gasteiger partial charge in [-0.1, -0.05) is 12.8 Å². The summed E-state index contributed by atoms with van der Waals surface area (Å²) >= 11 is 0. The van der Waals surface area contributed by atoms with Crippen molar-refractivity contribution in [1.82, 2.24) is 9.97 Å². The molecule has 1 aromatic carbocycles. The lowest BCUT2D eigenvalue weighted by Crippen LogP contribution is -2.26. The third-order valence-electron chi connectivity index (χ3n) is 3.97. The number of nitrogens with one attached hydrogen (secondary N) is 1. The zero-order valence-electron chi connectivity index (χ0n) is 13.1. The Bertz CT molecular complexity index is 713. The van der Waals surface area contributed by atoms with Gasteiger partial charge in [0.25, 0.3) is 5.91 Å². The molecule has 0 unspecified atom stereocenters. The Labute approximate surface area is 138 Å². The van der Waals surface area contributed by atoms with Crippen LogP contribution < -0.4 is 10.2 Å². The number of carbonyl (C=O) groups is 1. The third-order valence-corrected chi connectivity index (χ3v) is 3.97. The standard InChI is InChI=1S/C17H18F2N4O/c18-13-5-6-15(14(19)9-13)22-16(24)12-10-20-17(21-11-12)23-7-3-1-2-4-8-23/h5-6,9-11H,1-4,7-8H2,(H,22,24). The van der Waals surface area contributed by atoms with Crippen molar-refractivity contribution in [1.29, 1.82) is 0 Å². The Morgan fingerprint density at radius 1 is 1.04 bits per heavy atom. The number of aromatic nitrogens is 2. The molecule has 1 fully saturated rings. The first-order chi connectivity index (χ1) is 11.6. The summed E-state index contributed by atoms with van der Waals surface area (Å²) in [6, 6.07) is 2.97.